The molecule has 0 radical (unpaired) electrons. The maximum absolute atomic E-state index is 4.52. The van der Waals surface area contributed by atoms with E-state index in [-0.39, 0.29) is 0 Å². The number of hydrogen-bond donors (Lipinski definition) is 1. The summed E-state index contributed by atoms with van der Waals surface area (Å²) in [6, 6.07) is 0.318. The molecule has 1 aromatic rings. The van der Waals surface area contributed by atoms with Crippen LogP contribution in [0.2, 0.25) is 0 Å². The van der Waals surface area contributed by atoms with Crippen molar-refractivity contribution in [2.45, 2.75) is 33.4 Å². The highest BCUT2D eigenvalue weighted by Gasteiger charge is 2.09. The van der Waals surface area contributed by atoms with Gasteiger partial charge in [0.05, 0.1) is 6.54 Å². The third kappa shape index (κ3) is 3.54. The van der Waals surface area contributed by atoms with E-state index >= 15 is 0 Å². The lowest BCUT2D eigenvalue weighted by Crippen LogP contribution is -2.20. The normalized spacial score (nSPS) is 13.1. The molecule has 0 amide bonds. The summed E-state index contributed by atoms with van der Waals surface area (Å²) in [6.45, 7) is 8.04. The summed E-state index contributed by atoms with van der Waals surface area (Å²) in [5, 5.41) is 3.37. The van der Waals surface area contributed by atoms with Crippen LogP contribution in [0.5, 0.6) is 0 Å². The van der Waals surface area contributed by atoms with E-state index in [0.29, 0.717) is 6.04 Å². The van der Waals surface area contributed by atoms with Gasteiger partial charge in [0.1, 0.15) is 5.82 Å². The first-order valence-electron chi connectivity index (χ1n) is 5.75. The maximum Gasteiger partial charge on any atom is 0.142 e. The fourth-order valence-electron chi connectivity index (χ4n) is 1.72. The van der Waals surface area contributed by atoms with Crippen molar-refractivity contribution < 1.29 is 0 Å². The first-order valence-corrected chi connectivity index (χ1v) is 5.75. The van der Waals surface area contributed by atoms with Crippen molar-refractivity contribution in [1.29, 1.82) is 0 Å². The van der Waals surface area contributed by atoms with E-state index in [1.165, 1.54) is 5.56 Å². The van der Waals surface area contributed by atoms with Gasteiger partial charge in [-0.25, -0.2) is 9.97 Å². The van der Waals surface area contributed by atoms with Crippen molar-refractivity contribution in [3.8, 4) is 0 Å². The summed E-state index contributed by atoms with van der Waals surface area (Å²) in [5.41, 5.74) is 2.25. The maximum atomic E-state index is 4.52. The Morgan fingerprint density at radius 2 is 2.12 bits per heavy atom. The number of aryl methyl sites for hydroxylation is 1. The highest BCUT2D eigenvalue weighted by Crippen LogP contribution is 2.14. The lowest BCUT2D eigenvalue weighted by molar-refractivity contribution is 0.389. The van der Waals surface area contributed by atoms with Crippen molar-refractivity contribution in [1.82, 2.24) is 20.2 Å². The highest BCUT2D eigenvalue weighted by molar-refractivity contribution is 5.19. The van der Waals surface area contributed by atoms with Gasteiger partial charge in [-0.05, 0) is 34.5 Å². The van der Waals surface area contributed by atoms with Crippen LogP contribution >= 0.6 is 0 Å². The Morgan fingerprint density at radius 3 is 2.62 bits per heavy atom. The molecule has 0 aliphatic rings. The molecule has 0 aliphatic carbocycles. The minimum Gasteiger partial charge on any atom is -0.310 e. The lowest BCUT2D eigenvalue weighted by atomic mass is 10.1. The van der Waals surface area contributed by atoms with Gasteiger partial charge >= 0.3 is 0 Å². The predicted octanol–water partition coefficient (Wildman–Crippen LogP) is 1.52. The van der Waals surface area contributed by atoms with Crippen LogP contribution < -0.4 is 5.32 Å². The second kappa shape index (κ2) is 5.92. The zero-order valence-corrected chi connectivity index (χ0v) is 10.9. The van der Waals surface area contributed by atoms with Crippen LogP contribution in [0.3, 0.4) is 0 Å². The third-order valence-electron chi connectivity index (χ3n) is 2.50. The van der Waals surface area contributed by atoms with Gasteiger partial charge in [0, 0.05) is 23.5 Å². The molecule has 1 N–H and O–H groups in total. The first-order chi connectivity index (χ1) is 7.54. The van der Waals surface area contributed by atoms with Gasteiger partial charge in [0.15, 0.2) is 0 Å². The zero-order valence-electron chi connectivity index (χ0n) is 10.9. The molecule has 0 saturated heterocycles. The smallest absolute Gasteiger partial charge is 0.142 e. The average Bonchev–Trinajstić information content (AvgIpc) is 2.16. The van der Waals surface area contributed by atoms with Crippen molar-refractivity contribution in [3.63, 3.8) is 0 Å². The van der Waals surface area contributed by atoms with Crippen LogP contribution in [0.15, 0.2) is 6.20 Å². The van der Waals surface area contributed by atoms with Crippen molar-refractivity contribution in [2.24, 2.45) is 0 Å². The second-order valence-corrected chi connectivity index (χ2v) is 4.34. The number of hydrogen-bond acceptors (Lipinski definition) is 4. The van der Waals surface area contributed by atoms with E-state index in [2.05, 4.69) is 34.0 Å². The van der Waals surface area contributed by atoms with Crippen molar-refractivity contribution in [2.75, 3.05) is 20.6 Å². The van der Waals surface area contributed by atoms with E-state index in [9.17, 15) is 0 Å². The Labute approximate surface area is 98.1 Å². The molecule has 1 aromatic heterocycles. The monoisotopic (exact) mass is 222 g/mol. The first kappa shape index (κ1) is 13.1. The van der Waals surface area contributed by atoms with E-state index in [1.54, 1.807) is 0 Å². The number of nitrogens with zero attached hydrogens (tertiary/aromatic N) is 3. The van der Waals surface area contributed by atoms with Gasteiger partial charge in [-0.3, -0.25) is 0 Å². The van der Waals surface area contributed by atoms with Gasteiger partial charge < -0.3 is 10.2 Å². The van der Waals surface area contributed by atoms with Crippen LogP contribution in [-0.4, -0.2) is 35.5 Å². The number of rotatable bonds is 5. The number of aromatic nitrogens is 2. The Hall–Kier alpha value is -1.00. The standard InChI is InChI=1S/C12H22N4/c1-6-13-9(2)11-7-14-12(8-16(4)5)15-10(11)3/h7,9,13H,6,8H2,1-5H3. The minimum atomic E-state index is 0.318. The molecular formula is C12H22N4. The Bertz CT molecular complexity index is 336. The molecule has 1 heterocycles. The number of nitrogens with one attached hydrogen (secondary N) is 1. The van der Waals surface area contributed by atoms with E-state index in [0.717, 1.165) is 24.6 Å². The molecule has 1 rings (SSSR count). The molecular weight excluding hydrogens is 200 g/mol. The molecule has 0 spiro atoms. The van der Waals surface area contributed by atoms with Crippen LogP contribution in [-0.2, 0) is 6.54 Å². The summed E-state index contributed by atoms with van der Waals surface area (Å²) in [4.78, 5) is 11.0. The molecule has 0 fully saturated rings. The van der Waals surface area contributed by atoms with E-state index in [4.69, 9.17) is 0 Å². The fraction of sp³-hybridized carbons (Fsp3) is 0.667. The molecule has 0 aromatic carbocycles. The Morgan fingerprint density at radius 1 is 1.44 bits per heavy atom. The molecule has 4 heteroatoms. The fourth-order valence-corrected chi connectivity index (χ4v) is 1.72. The van der Waals surface area contributed by atoms with Gasteiger partial charge in [-0.2, -0.15) is 0 Å². The molecule has 0 bridgehead atoms. The topological polar surface area (TPSA) is 41.1 Å². The molecule has 0 aliphatic heterocycles. The SMILES string of the molecule is CCNC(C)c1cnc(CN(C)C)nc1C. The van der Waals surface area contributed by atoms with Crippen LogP contribution in [0.25, 0.3) is 0 Å². The Balaban J connectivity index is 2.82. The minimum absolute atomic E-state index is 0.318. The summed E-state index contributed by atoms with van der Waals surface area (Å²) >= 11 is 0. The van der Waals surface area contributed by atoms with E-state index in [1.807, 2.05) is 27.2 Å². The summed E-state index contributed by atoms with van der Waals surface area (Å²) in [6.07, 6.45) is 1.94. The van der Waals surface area contributed by atoms with Crippen LogP contribution in [0, 0.1) is 6.92 Å². The second-order valence-electron chi connectivity index (χ2n) is 4.34. The largest absolute Gasteiger partial charge is 0.310 e. The van der Waals surface area contributed by atoms with E-state index < -0.39 is 0 Å². The lowest BCUT2D eigenvalue weighted by Gasteiger charge is -2.15. The summed E-state index contributed by atoms with van der Waals surface area (Å²) in [7, 11) is 4.04. The Kier molecular flexibility index (Phi) is 4.83. The summed E-state index contributed by atoms with van der Waals surface area (Å²) in [5.74, 6) is 0.884. The predicted molar refractivity (Wildman–Crippen MR) is 66.3 cm³/mol. The van der Waals surface area contributed by atoms with Gasteiger partial charge in [0.2, 0.25) is 0 Å². The summed E-state index contributed by atoms with van der Waals surface area (Å²) < 4.78 is 0. The molecule has 1 atom stereocenters. The molecule has 90 valence electrons. The van der Waals surface area contributed by atoms with Gasteiger partial charge in [-0.15, -0.1) is 0 Å². The molecule has 0 saturated carbocycles. The molecule has 4 nitrogen and oxygen atoms in total. The van der Waals surface area contributed by atoms with Crippen molar-refractivity contribution in [3.05, 3.63) is 23.3 Å². The highest BCUT2D eigenvalue weighted by atomic mass is 15.1. The van der Waals surface area contributed by atoms with Crippen LogP contribution in [0.4, 0.5) is 0 Å². The quantitative estimate of drug-likeness (QED) is 0.820. The van der Waals surface area contributed by atoms with Gasteiger partial charge in [-0.1, -0.05) is 6.92 Å². The van der Waals surface area contributed by atoms with Gasteiger partial charge in [0.25, 0.3) is 0 Å². The average molecular weight is 222 g/mol. The third-order valence-corrected chi connectivity index (χ3v) is 2.50. The molecule has 1 unspecified atom stereocenters. The van der Waals surface area contributed by atoms with Crippen molar-refractivity contribution >= 4 is 0 Å². The van der Waals surface area contributed by atoms with Crippen LogP contribution in [0.1, 0.15) is 37.0 Å². The zero-order chi connectivity index (χ0) is 12.1. The molecule has 16 heavy (non-hydrogen) atoms.